The van der Waals surface area contributed by atoms with Gasteiger partial charge in [0.15, 0.2) is 0 Å². The van der Waals surface area contributed by atoms with E-state index in [1.54, 1.807) is 0 Å². The number of unbranched alkanes of at least 4 members (excludes halogenated alkanes) is 13. The Morgan fingerprint density at radius 2 is 1.00 bits per heavy atom. The third-order valence-electron chi connectivity index (χ3n) is 5.57. The standard InChI is InChI=1S/C26H51NO/c1-4-7-10-11-12-13-14-15-16-17-18-19-20-21-22-23-26(28)27(24-8-5-2)25-9-6-3/h15-16H,4-14,17-25H2,1-3H3. The predicted molar refractivity (Wildman–Crippen MR) is 126 cm³/mol. The lowest BCUT2D eigenvalue weighted by molar-refractivity contribution is -0.131. The molecule has 0 fully saturated rings. The van der Waals surface area contributed by atoms with Gasteiger partial charge in [0.05, 0.1) is 0 Å². The van der Waals surface area contributed by atoms with Crippen LogP contribution in [0.3, 0.4) is 0 Å². The highest BCUT2D eigenvalue weighted by Crippen LogP contribution is 2.11. The second-order valence-corrected chi connectivity index (χ2v) is 8.42. The lowest BCUT2D eigenvalue weighted by atomic mass is 10.1. The van der Waals surface area contributed by atoms with Gasteiger partial charge in [-0.2, -0.15) is 0 Å². The van der Waals surface area contributed by atoms with Crippen molar-refractivity contribution < 1.29 is 4.79 Å². The van der Waals surface area contributed by atoms with Gasteiger partial charge in [-0.1, -0.05) is 97.1 Å². The van der Waals surface area contributed by atoms with Crippen LogP contribution in [0.5, 0.6) is 0 Å². The van der Waals surface area contributed by atoms with Gasteiger partial charge in [0, 0.05) is 19.5 Å². The molecular formula is C26H51NO. The Morgan fingerprint density at radius 1 is 0.571 bits per heavy atom. The van der Waals surface area contributed by atoms with E-state index in [4.69, 9.17) is 0 Å². The molecule has 0 N–H and O–H groups in total. The van der Waals surface area contributed by atoms with Gasteiger partial charge >= 0.3 is 0 Å². The molecule has 0 aromatic carbocycles. The summed E-state index contributed by atoms with van der Waals surface area (Å²) in [5.41, 5.74) is 0. The van der Waals surface area contributed by atoms with Crippen LogP contribution in [0.25, 0.3) is 0 Å². The first-order valence-electron chi connectivity index (χ1n) is 12.7. The minimum Gasteiger partial charge on any atom is -0.343 e. The maximum Gasteiger partial charge on any atom is 0.222 e. The van der Waals surface area contributed by atoms with Gasteiger partial charge in [-0.25, -0.2) is 0 Å². The summed E-state index contributed by atoms with van der Waals surface area (Å²) < 4.78 is 0. The van der Waals surface area contributed by atoms with Gasteiger partial charge in [-0.3, -0.25) is 4.79 Å². The second kappa shape index (κ2) is 22.5. The molecular weight excluding hydrogens is 342 g/mol. The molecule has 2 heteroatoms. The molecule has 0 bridgehead atoms. The van der Waals surface area contributed by atoms with Crippen LogP contribution in [-0.4, -0.2) is 23.9 Å². The number of carbonyl (C=O) groups excluding carboxylic acids is 1. The Kier molecular flexibility index (Phi) is 21.9. The molecule has 0 saturated carbocycles. The van der Waals surface area contributed by atoms with Gasteiger partial charge in [-0.15, -0.1) is 0 Å². The van der Waals surface area contributed by atoms with E-state index in [2.05, 4.69) is 37.8 Å². The maximum absolute atomic E-state index is 12.4. The van der Waals surface area contributed by atoms with Gasteiger partial charge < -0.3 is 4.90 Å². The minimum absolute atomic E-state index is 0.388. The van der Waals surface area contributed by atoms with Gasteiger partial charge in [0.25, 0.3) is 0 Å². The first-order valence-corrected chi connectivity index (χ1v) is 12.7. The number of nitrogens with zero attached hydrogens (tertiary/aromatic N) is 1. The summed E-state index contributed by atoms with van der Waals surface area (Å²) in [6.45, 7) is 8.60. The third-order valence-corrected chi connectivity index (χ3v) is 5.57. The third kappa shape index (κ3) is 18.6. The van der Waals surface area contributed by atoms with E-state index >= 15 is 0 Å². The molecule has 0 atom stereocenters. The molecule has 0 unspecified atom stereocenters. The molecule has 0 aromatic rings. The van der Waals surface area contributed by atoms with E-state index < -0.39 is 0 Å². The van der Waals surface area contributed by atoms with E-state index in [0.717, 1.165) is 38.8 Å². The topological polar surface area (TPSA) is 20.3 Å². The first-order chi connectivity index (χ1) is 13.8. The van der Waals surface area contributed by atoms with Crippen molar-refractivity contribution >= 4 is 5.91 Å². The Bertz CT molecular complexity index is 342. The molecule has 2 nitrogen and oxygen atoms in total. The molecule has 0 heterocycles. The Hall–Kier alpha value is -0.790. The number of carbonyl (C=O) groups is 1. The van der Waals surface area contributed by atoms with Gasteiger partial charge in [0.2, 0.25) is 5.91 Å². The number of rotatable bonds is 21. The van der Waals surface area contributed by atoms with Crippen molar-refractivity contribution in [3.05, 3.63) is 12.2 Å². The molecule has 0 aliphatic rings. The lowest BCUT2D eigenvalue weighted by Gasteiger charge is -2.22. The first kappa shape index (κ1) is 27.2. The van der Waals surface area contributed by atoms with Crippen LogP contribution in [0.4, 0.5) is 0 Å². The van der Waals surface area contributed by atoms with Crippen molar-refractivity contribution in [2.45, 2.75) is 136 Å². The summed E-state index contributed by atoms with van der Waals surface area (Å²) in [5.74, 6) is 0.388. The maximum atomic E-state index is 12.4. The Labute approximate surface area is 177 Å². The summed E-state index contributed by atoms with van der Waals surface area (Å²) in [5, 5.41) is 0. The second-order valence-electron chi connectivity index (χ2n) is 8.42. The van der Waals surface area contributed by atoms with Crippen LogP contribution in [0.15, 0.2) is 12.2 Å². The van der Waals surface area contributed by atoms with Crippen molar-refractivity contribution in [1.29, 1.82) is 0 Å². The molecule has 0 radical (unpaired) electrons. The Morgan fingerprint density at radius 3 is 1.50 bits per heavy atom. The molecule has 0 aliphatic heterocycles. The van der Waals surface area contributed by atoms with Crippen molar-refractivity contribution in [1.82, 2.24) is 4.90 Å². The highest BCUT2D eigenvalue weighted by molar-refractivity contribution is 5.76. The fraction of sp³-hybridized carbons (Fsp3) is 0.885. The zero-order valence-corrected chi connectivity index (χ0v) is 19.7. The van der Waals surface area contributed by atoms with Gasteiger partial charge in [0.1, 0.15) is 0 Å². The normalized spacial score (nSPS) is 11.4. The van der Waals surface area contributed by atoms with E-state index in [1.165, 1.54) is 89.9 Å². The number of hydrogen-bond acceptors (Lipinski definition) is 1. The highest BCUT2D eigenvalue weighted by atomic mass is 16.2. The van der Waals surface area contributed by atoms with Crippen LogP contribution >= 0.6 is 0 Å². The van der Waals surface area contributed by atoms with Crippen molar-refractivity contribution in [3.8, 4) is 0 Å². The van der Waals surface area contributed by atoms with Crippen LogP contribution in [0.1, 0.15) is 136 Å². The summed E-state index contributed by atoms with van der Waals surface area (Å²) in [6, 6.07) is 0. The highest BCUT2D eigenvalue weighted by Gasteiger charge is 2.11. The summed E-state index contributed by atoms with van der Waals surface area (Å²) in [6.07, 6.45) is 27.2. The zero-order chi connectivity index (χ0) is 20.7. The summed E-state index contributed by atoms with van der Waals surface area (Å²) >= 11 is 0. The largest absolute Gasteiger partial charge is 0.343 e. The minimum atomic E-state index is 0.388. The summed E-state index contributed by atoms with van der Waals surface area (Å²) in [7, 11) is 0. The average molecular weight is 394 g/mol. The van der Waals surface area contributed by atoms with Crippen molar-refractivity contribution in [2.75, 3.05) is 13.1 Å². The molecule has 0 aromatic heterocycles. The lowest BCUT2D eigenvalue weighted by Crippen LogP contribution is -2.32. The van der Waals surface area contributed by atoms with E-state index in [0.29, 0.717) is 5.91 Å². The molecule has 28 heavy (non-hydrogen) atoms. The monoisotopic (exact) mass is 393 g/mol. The number of allylic oxidation sites excluding steroid dienone is 2. The molecule has 0 saturated heterocycles. The van der Waals surface area contributed by atoms with Crippen LogP contribution in [0.2, 0.25) is 0 Å². The fourth-order valence-corrected chi connectivity index (χ4v) is 3.56. The van der Waals surface area contributed by atoms with Crippen molar-refractivity contribution in [3.63, 3.8) is 0 Å². The number of hydrogen-bond donors (Lipinski definition) is 0. The molecule has 0 aliphatic carbocycles. The molecule has 0 spiro atoms. The molecule has 0 rings (SSSR count). The predicted octanol–water partition coefficient (Wildman–Crippen LogP) is 8.45. The summed E-state index contributed by atoms with van der Waals surface area (Å²) in [4.78, 5) is 14.5. The van der Waals surface area contributed by atoms with Crippen molar-refractivity contribution in [2.24, 2.45) is 0 Å². The zero-order valence-electron chi connectivity index (χ0n) is 19.7. The molecule has 1 amide bonds. The van der Waals surface area contributed by atoms with E-state index in [1.807, 2.05) is 0 Å². The Balaban J connectivity index is 3.51. The van der Waals surface area contributed by atoms with E-state index in [9.17, 15) is 4.79 Å². The molecule has 166 valence electrons. The number of amides is 1. The quantitative estimate of drug-likeness (QED) is 0.141. The average Bonchev–Trinajstić information content (AvgIpc) is 2.70. The van der Waals surface area contributed by atoms with E-state index in [-0.39, 0.29) is 0 Å². The SMILES string of the molecule is CCCCCCCCC=CCCCCCCCC(=O)N(CCCC)CCCC. The smallest absolute Gasteiger partial charge is 0.222 e. The van der Waals surface area contributed by atoms with Crippen LogP contribution < -0.4 is 0 Å². The van der Waals surface area contributed by atoms with Crippen LogP contribution in [0, 0.1) is 0 Å². The fourth-order valence-electron chi connectivity index (χ4n) is 3.56. The van der Waals surface area contributed by atoms with Crippen LogP contribution in [-0.2, 0) is 4.79 Å². The van der Waals surface area contributed by atoms with Gasteiger partial charge in [-0.05, 0) is 44.9 Å².